The molecule has 0 saturated heterocycles. The molecular weight excluding hydrogens is 130 g/mol. The van der Waals surface area contributed by atoms with Gasteiger partial charge >= 0.3 is 0 Å². The Balaban J connectivity index is 2.45. The van der Waals surface area contributed by atoms with Crippen LogP contribution in [0.5, 0.6) is 0 Å². The van der Waals surface area contributed by atoms with Crippen LogP contribution in [0.25, 0.3) is 0 Å². The second-order valence-corrected chi connectivity index (χ2v) is 2.37. The average Bonchev–Trinajstić information content (AvgIpc) is 2.34. The maximum Gasteiger partial charge on any atom is 0.148 e. The number of rotatable bonds is 0. The number of nitrogens with zero attached hydrogens (tertiary/aromatic N) is 1. The van der Waals surface area contributed by atoms with Gasteiger partial charge in [0, 0.05) is 12.0 Å². The van der Waals surface area contributed by atoms with Crippen molar-refractivity contribution in [1.82, 2.24) is 10.2 Å². The summed E-state index contributed by atoms with van der Waals surface area (Å²) in [5, 5.41) is 6.70. The number of nitrogen functional groups attached to an aromatic ring is 1. The van der Waals surface area contributed by atoms with Gasteiger partial charge < -0.3 is 10.5 Å². The molecule has 10 heavy (non-hydrogen) atoms. The Morgan fingerprint density at radius 2 is 2.50 bits per heavy atom. The summed E-state index contributed by atoms with van der Waals surface area (Å²) in [4.78, 5) is 0. The van der Waals surface area contributed by atoms with Crippen molar-refractivity contribution in [3.05, 3.63) is 11.3 Å². The largest absolute Gasteiger partial charge is 0.382 e. The van der Waals surface area contributed by atoms with E-state index in [1.165, 1.54) is 0 Å². The lowest BCUT2D eigenvalue weighted by Gasteiger charge is -2.10. The number of aromatic nitrogens is 2. The number of hydrogen-bond donors (Lipinski definition) is 2. The lowest BCUT2D eigenvalue weighted by Crippen LogP contribution is -2.09. The van der Waals surface area contributed by atoms with E-state index in [0.717, 1.165) is 24.3 Å². The molecule has 54 valence electrons. The highest BCUT2D eigenvalue weighted by Gasteiger charge is 2.14. The quantitative estimate of drug-likeness (QED) is 0.534. The third kappa shape index (κ3) is 0.690. The Bertz CT molecular complexity index is 243. The summed E-state index contributed by atoms with van der Waals surface area (Å²) >= 11 is 0. The van der Waals surface area contributed by atoms with Crippen LogP contribution in [0.3, 0.4) is 0 Å². The van der Waals surface area contributed by atoms with E-state index >= 15 is 0 Å². The Labute approximate surface area is 58.4 Å². The summed E-state index contributed by atoms with van der Waals surface area (Å²) in [7, 11) is 0. The molecule has 0 unspecified atom stereocenters. The van der Waals surface area contributed by atoms with Gasteiger partial charge in [-0.3, -0.25) is 5.10 Å². The fourth-order valence-corrected chi connectivity index (χ4v) is 1.16. The van der Waals surface area contributed by atoms with Crippen LogP contribution in [0.1, 0.15) is 11.3 Å². The van der Waals surface area contributed by atoms with Crippen LogP contribution in [-0.2, 0) is 17.8 Å². The van der Waals surface area contributed by atoms with E-state index in [4.69, 9.17) is 10.5 Å². The molecule has 0 saturated carbocycles. The molecule has 0 aromatic carbocycles. The molecule has 3 N–H and O–H groups in total. The van der Waals surface area contributed by atoms with Crippen molar-refractivity contribution in [3.63, 3.8) is 0 Å². The smallest absolute Gasteiger partial charge is 0.148 e. The summed E-state index contributed by atoms with van der Waals surface area (Å²) < 4.78 is 5.18. The van der Waals surface area contributed by atoms with E-state index in [9.17, 15) is 0 Å². The summed E-state index contributed by atoms with van der Waals surface area (Å²) in [5.74, 6) is 0.623. The molecule has 1 aliphatic heterocycles. The van der Waals surface area contributed by atoms with Gasteiger partial charge in [0.05, 0.1) is 18.9 Å². The van der Waals surface area contributed by atoms with Crippen LogP contribution >= 0.6 is 0 Å². The fraction of sp³-hybridized carbons (Fsp3) is 0.500. The van der Waals surface area contributed by atoms with Gasteiger partial charge in [0.2, 0.25) is 0 Å². The van der Waals surface area contributed by atoms with Crippen LogP contribution in [-0.4, -0.2) is 16.8 Å². The lowest BCUT2D eigenvalue weighted by atomic mass is 10.1. The zero-order valence-corrected chi connectivity index (χ0v) is 5.55. The molecule has 2 rings (SSSR count). The van der Waals surface area contributed by atoms with E-state index in [1.54, 1.807) is 0 Å². The predicted octanol–water partition coefficient (Wildman–Crippen LogP) is 0.0646. The van der Waals surface area contributed by atoms with E-state index in [0.29, 0.717) is 12.4 Å². The molecule has 0 atom stereocenters. The van der Waals surface area contributed by atoms with Crippen molar-refractivity contribution in [2.75, 3.05) is 12.3 Å². The lowest BCUT2D eigenvalue weighted by molar-refractivity contribution is 0.108. The number of nitrogens with two attached hydrogens (primary N) is 1. The summed E-state index contributed by atoms with van der Waals surface area (Å²) in [5.41, 5.74) is 7.73. The van der Waals surface area contributed by atoms with Crippen LogP contribution < -0.4 is 5.73 Å². The third-order valence-corrected chi connectivity index (χ3v) is 1.73. The predicted molar refractivity (Wildman–Crippen MR) is 36.4 cm³/mol. The van der Waals surface area contributed by atoms with Crippen molar-refractivity contribution in [2.45, 2.75) is 13.0 Å². The standard InChI is InChI=1S/C6H9N3O/c7-6-4-1-2-10-3-5(4)8-9-6/h1-3H2,(H3,7,8,9). The van der Waals surface area contributed by atoms with Gasteiger partial charge in [-0.2, -0.15) is 5.10 Å². The van der Waals surface area contributed by atoms with Crippen molar-refractivity contribution < 1.29 is 4.74 Å². The highest BCUT2D eigenvalue weighted by Crippen LogP contribution is 2.18. The monoisotopic (exact) mass is 139 g/mol. The first kappa shape index (κ1) is 5.73. The molecule has 4 heteroatoms. The number of hydrogen-bond acceptors (Lipinski definition) is 3. The molecule has 0 fully saturated rings. The molecule has 0 spiro atoms. The first-order valence-corrected chi connectivity index (χ1v) is 3.27. The molecule has 0 aliphatic carbocycles. The molecule has 2 heterocycles. The Morgan fingerprint density at radius 1 is 1.60 bits per heavy atom. The number of nitrogens with one attached hydrogen (secondary N) is 1. The molecule has 1 aromatic heterocycles. The highest BCUT2D eigenvalue weighted by molar-refractivity contribution is 5.42. The first-order valence-electron chi connectivity index (χ1n) is 3.27. The molecular formula is C6H9N3O. The summed E-state index contributed by atoms with van der Waals surface area (Å²) in [6, 6.07) is 0. The second kappa shape index (κ2) is 1.98. The van der Waals surface area contributed by atoms with Crippen LogP contribution in [0, 0.1) is 0 Å². The minimum Gasteiger partial charge on any atom is -0.382 e. The van der Waals surface area contributed by atoms with E-state index < -0.39 is 0 Å². The minimum atomic E-state index is 0.623. The van der Waals surface area contributed by atoms with Gasteiger partial charge in [0.15, 0.2) is 0 Å². The van der Waals surface area contributed by atoms with Gasteiger partial charge in [0.1, 0.15) is 5.82 Å². The highest BCUT2D eigenvalue weighted by atomic mass is 16.5. The van der Waals surface area contributed by atoms with E-state index in [1.807, 2.05) is 0 Å². The molecule has 0 radical (unpaired) electrons. The van der Waals surface area contributed by atoms with Crippen molar-refractivity contribution in [1.29, 1.82) is 0 Å². The van der Waals surface area contributed by atoms with Gasteiger partial charge in [0.25, 0.3) is 0 Å². The number of fused-ring (bicyclic) bond motifs is 1. The Hall–Kier alpha value is -1.03. The first-order chi connectivity index (χ1) is 4.88. The molecule has 0 amide bonds. The summed E-state index contributed by atoms with van der Waals surface area (Å²) in [6.45, 7) is 1.39. The Kier molecular flexibility index (Phi) is 1.14. The maximum atomic E-state index is 5.56. The molecule has 4 nitrogen and oxygen atoms in total. The number of ether oxygens (including phenoxy) is 1. The van der Waals surface area contributed by atoms with Crippen LogP contribution in [0.15, 0.2) is 0 Å². The van der Waals surface area contributed by atoms with Gasteiger partial charge in [-0.25, -0.2) is 0 Å². The average molecular weight is 139 g/mol. The Morgan fingerprint density at radius 3 is 3.30 bits per heavy atom. The molecule has 1 aromatic rings. The normalized spacial score (nSPS) is 16.8. The molecule has 1 aliphatic rings. The zero-order chi connectivity index (χ0) is 6.97. The van der Waals surface area contributed by atoms with E-state index in [2.05, 4.69) is 10.2 Å². The summed E-state index contributed by atoms with van der Waals surface area (Å²) in [6.07, 6.45) is 0.887. The van der Waals surface area contributed by atoms with Crippen LogP contribution in [0.2, 0.25) is 0 Å². The maximum absolute atomic E-state index is 5.56. The van der Waals surface area contributed by atoms with E-state index in [-0.39, 0.29) is 0 Å². The number of H-pyrrole nitrogens is 1. The van der Waals surface area contributed by atoms with Gasteiger partial charge in [-0.1, -0.05) is 0 Å². The fourth-order valence-electron chi connectivity index (χ4n) is 1.16. The number of anilines is 1. The van der Waals surface area contributed by atoms with Gasteiger partial charge in [-0.05, 0) is 0 Å². The van der Waals surface area contributed by atoms with Crippen molar-refractivity contribution in [2.24, 2.45) is 0 Å². The topological polar surface area (TPSA) is 63.9 Å². The zero-order valence-electron chi connectivity index (χ0n) is 5.55. The molecule has 0 bridgehead atoms. The second-order valence-electron chi connectivity index (χ2n) is 2.37. The van der Waals surface area contributed by atoms with Crippen molar-refractivity contribution in [3.8, 4) is 0 Å². The van der Waals surface area contributed by atoms with Crippen molar-refractivity contribution >= 4 is 5.82 Å². The van der Waals surface area contributed by atoms with Gasteiger partial charge in [-0.15, -0.1) is 0 Å². The third-order valence-electron chi connectivity index (χ3n) is 1.73. The number of aromatic amines is 1. The minimum absolute atomic E-state index is 0.623. The van der Waals surface area contributed by atoms with Crippen LogP contribution in [0.4, 0.5) is 5.82 Å². The SMILES string of the molecule is Nc1n[nH]c2c1CCOC2.